The Kier molecular flexibility index (Phi) is 6.01. The molecule has 3 saturated carbocycles. The number of hydrogen-bond acceptors (Lipinski definition) is 2. The van der Waals surface area contributed by atoms with E-state index >= 15 is 0 Å². The van der Waals surface area contributed by atoms with E-state index in [9.17, 15) is 5.11 Å². The molecule has 0 bridgehead atoms. The summed E-state index contributed by atoms with van der Waals surface area (Å²) in [5, 5.41) is 10.3. The van der Waals surface area contributed by atoms with Crippen LogP contribution in [0.2, 0.25) is 0 Å². The van der Waals surface area contributed by atoms with Crippen molar-refractivity contribution in [3.8, 4) is 0 Å². The molecule has 2 unspecified atom stereocenters. The predicted octanol–water partition coefficient (Wildman–Crippen LogP) is 6.33. The summed E-state index contributed by atoms with van der Waals surface area (Å²) in [5.41, 5.74) is 9.17. The van der Waals surface area contributed by atoms with E-state index in [2.05, 4.69) is 40.7 Å². The average molecular weight is 402 g/mol. The minimum absolute atomic E-state index is 0.144. The van der Waals surface area contributed by atoms with E-state index in [0.29, 0.717) is 16.7 Å². The SMILES string of the molecule is CC(C)CCC[C@@H](C)[C@H]1CC[C@H]2[C@@H]3C(N)C=C4CC(O)CC[C@]4(C)[C@H]3CC[C@]12C. The van der Waals surface area contributed by atoms with Crippen molar-refractivity contribution in [1.82, 2.24) is 0 Å². The molecule has 4 aliphatic carbocycles. The molecule has 0 heterocycles. The number of aliphatic hydroxyl groups excluding tert-OH is 1. The normalized spacial score (nSPS) is 47.9. The monoisotopic (exact) mass is 401 g/mol. The largest absolute Gasteiger partial charge is 0.393 e. The van der Waals surface area contributed by atoms with Crippen LogP contribution >= 0.6 is 0 Å². The fourth-order valence-corrected chi connectivity index (χ4v) is 8.74. The third-order valence-corrected chi connectivity index (χ3v) is 10.4. The number of fused-ring (bicyclic) bond motifs is 5. The van der Waals surface area contributed by atoms with E-state index in [1.165, 1.54) is 50.5 Å². The molecule has 0 amide bonds. The van der Waals surface area contributed by atoms with Crippen LogP contribution in [0, 0.1) is 46.3 Å². The van der Waals surface area contributed by atoms with Crippen molar-refractivity contribution in [2.75, 3.05) is 0 Å². The zero-order valence-electron chi connectivity index (χ0n) is 19.8. The molecule has 3 fully saturated rings. The molecule has 9 atom stereocenters. The lowest BCUT2D eigenvalue weighted by atomic mass is 9.46. The van der Waals surface area contributed by atoms with Crippen LogP contribution in [-0.4, -0.2) is 17.3 Å². The standard InChI is InChI=1S/C27H47NO/c1-17(2)7-6-8-18(3)21-9-10-22-25-23(12-14-27(21,22)5)26(4)13-11-20(29)15-19(26)16-24(25)28/h16-18,20-25,29H,6-15,28H2,1-5H3/t18-,20?,21-,22+,23+,24?,25+,26+,27-/m1/s1. The molecule has 4 rings (SSSR count). The smallest absolute Gasteiger partial charge is 0.0577 e. The Morgan fingerprint density at radius 3 is 2.52 bits per heavy atom. The van der Waals surface area contributed by atoms with Crippen LogP contribution in [0.4, 0.5) is 0 Å². The minimum Gasteiger partial charge on any atom is -0.393 e. The lowest BCUT2D eigenvalue weighted by Gasteiger charge is -2.60. The van der Waals surface area contributed by atoms with Gasteiger partial charge in [-0.2, -0.15) is 0 Å². The molecule has 29 heavy (non-hydrogen) atoms. The van der Waals surface area contributed by atoms with Crippen molar-refractivity contribution in [3.05, 3.63) is 11.6 Å². The molecule has 2 nitrogen and oxygen atoms in total. The summed E-state index contributed by atoms with van der Waals surface area (Å²) in [7, 11) is 0. The van der Waals surface area contributed by atoms with E-state index in [4.69, 9.17) is 5.73 Å². The molecule has 3 N–H and O–H groups in total. The fraction of sp³-hybridized carbons (Fsp3) is 0.926. The third-order valence-electron chi connectivity index (χ3n) is 10.4. The first-order chi connectivity index (χ1) is 13.7. The second-order valence-electron chi connectivity index (χ2n) is 12.4. The molecule has 2 heteroatoms. The van der Waals surface area contributed by atoms with Gasteiger partial charge >= 0.3 is 0 Å². The van der Waals surface area contributed by atoms with Crippen molar-refractivity contribution < 1.29 is 5.11 Å². The maximum Gasteiger partial charge on any atom is 0.0577 e. The molecule has 4 aliphatic rings. The van der Waals surface area contributed by atoms with Crippen LogP contribution in [0.25, 0.3) is 0 Å². The number of nitrogens with two attached hydrogens (primary N) is 1. The second kappa shape index (κ2) is 7.97. The predicted molar refractivity (Wildman–Crippen MR) is 122 cm³/mol. The van der Waals surface area contributed by atoms with E-state index in [0.717, 1.165) is 48.9 Å². The third kappa shape index (κ3) is 3.65. The van der Waals surface area contributed by atoms with Crippen LogP contribution in [0.1, 0.15) is 98.8 Å². The summed E-state index contributed by atoms with van der Waals surface area (Å²) in [6, 6.07) is 0.202. The summed E-state index contributed by atoms with van der Waals surface area (Å²) in [6.07, 6.45) is 15.0. The van der Waals surface area contributed by atoms with Crippen molar-refractivity contribution in [2.45, 2.75) is 111 Å². The second-order valence-corrected chi connectivity index (χ2v) is 12.4. The van der Waals surface area contributed by atoms with Gasteiger partial charge in [-0.1, -0.05) is 65.5 Å². The molecule has 0 aliphatic heterocycles. The zero-order chi connectivity index (χ0) is 21.0. The summed E-state index contributed by atoms with van der Waals surface area (Å²) in [5.74, 6) is 4.77. The van der Waals surface area contributed by atoms with Gasteiger partial charge in [-0.15, -0.1) is 0 Å². The molecule has 0 aromatic rings. The summed E-state index contributed by atoms with van der Waals surface area (Å²) in [4.78, 5) is 0. The molecular formula is C27H47NO. The van der Waals surface area contributed by atoms with Crippen LogP contribution in [0.5, 0.6) is 0 Å². The van der Waals surface area contributed by atoms with Crippen LogP contribution in [0.3, 0.4) is 0 Å². The van der Waals surface area contributed by atoms with E-state index < -0.39 is 0 Å². The van der Waals surface area contributed by atoms with Gasteiger partial charge < -0.3 is 10.8 Å². The summed E-state index contributed by atoms with van der Waals surface area (Å²) in [6.45, 7) is 12.4. The quantitative estimate of drug-likeness (QED) is 0.529. The highest BCUT2D eigenvalue weighted by Gasteiger charge is 2.60. The van der Waals surface area contributed by atoms with Gasteiger partial charge in [-0.3, -0.25) is 0 Å². The lowest BCUT2D eigenvalue weighted by molar-refractivity contribution is -0.0632. The Labute approximate surface area is 180 Å². The number of hydrogen-bond donors (Lipinski definition) is 2. The minimum atomic E-state index is -0.144. The van der Waals surface area contributed by atoms with Crippen LogP contribution in [0.15, 0.2) is 11.6 Å². The van der Waals surface area contributed by atoms with Gasteiger partial charge in [0.15, 0.2) is 0 Å². The Morgan fingerprint density at radius 2 is 1.79 bits per heavy atom. The van der Waals surface area contributed by atoms with Crippen molar-refractivity contribution >= 4 is 0 Å². The molecule has 0 aromatic heterocycles. The Bertz CT molecular complexity index is 626. The Hall–Kier alpha value is -0.340. The van der Waals surface area contributed by atoms with Gasteiger partial charge in [0.1, 0.15) is 0 Å². The van der Waals surface area contributed by atoms with E-state index in [1.54, 1.807) is 0 Å². The van der Waals surface area contributed by atoms with E-state index in [1.807, 2.05) is 0 Å². The van der Waals surface area contributed by atoms with Gasteiger partial charge in [-0.05, 0) is 91.3 Å². The van der Waals surface area contributed by atoms with Gasteiger partial charge in [-0.25, -0.2) is 0 Å². The van der Waals surface area contributed by atoms with Crippen molar-refractivity contribution in [3.63, 3.8) is 0 Å². The molecule has 166 valence electrons. The van der Waals surface area contributed by atoms with E-state index in [-0.39, 0.29) is 12.1 Å². The lowest BCUT2D eigenvalue weighted by Crippen LogP contribution is -2.56. The first-order valence-corrected chi connectivity index (χ1v) is 12.8. The first-order valence-electron chi connectivity index (χ1n) is 12.8. The molecule has 0 saturated heterocycles. The summed E-state index contributed by atoms with van der Waals surface area (Å²) < 4.78 is 0. The molecular weight excluding hydrogens is 354 g/mol. The highest BCUT2D eigenvalue weighted by molar-refractivity contribution is 5.28. The zero-order valence-corrected chi connectivity index (χ0v) is 19.8. The highest BCUT2D eigenvalue weighted by atomic mass is 16.3. The van der Waals surface area contributed by atoms with Gasteiger partial charge in [0.2, 0.25) is 0 Å². The average Bonchev–Trinajstić information content (AvgIpc) is 3.00. The fourth-order valence-electron chi connectivity index (χ4n) is 8.74. The van der Waals surface area contributed by atoms with Gasteiger partial charge in [0, 0.05) is 6.04 Å². The maximum atomic E-state index is 10.3. The van der Waals surface area contributed by atoms with Crippen LogP contribution < -0.4 is 5.73 Å². The Morgan fingerprint density at radius 1 is 1.03 bits per heavy atom. The summed E-state index contributed by atoms with van der Waals surface area (Å²) >= 11 is 0. The van der Waals surface area contributed by atoms with Crippen molar-refractivity contribution in [1.29, 1.82) is 0 Å². The maximum absolute atomic E-state index is 10.3. The topological polar surface area (TPSA) is 46.2 Å². The molecule has 0 radical (unpaired) electrons. The molecule has 0 aromatic carbocycles. The van der Waals surface area contributed by atoms with Gasteiger partial charge in [0.05, 0.1) is 6.10 Å². The molecule has 0 spiro atoms. The number of aliphatic hydroxyl groups is 1. The Balaban J connectivity index is 1.54. The highest BCUT2D eigenvalue weighted by Crippen LogP contribution is 2.67. The van der Waals surface area contributed by atoms with Gasteiger partial charge in [0.25, 0.3) is 0 Å². The van der Waals surface area contributed by atoms with Crippen LogP contribution in [-0.2, 0) is 0 Å². The first kappa shape index (κ1) is 21.9. The number of rotatable bonds is 5. The van der Waals surface area contributed by atoms with Crippen molar-refractivity contribution in [2.24, 2.45) is 52.1 Å².